The molecule has 0 spiro atoms. The summed E-state index contributed by atoms with van der Waals surface area (Å²) in [6, 6.07) is 14.5. The molecule has 0 atom stereocenters. The van der Waals surface area contributed by atoms with E-state index in [0.717, 1.165) is 4.31 Å². The highest BCUT2D eigenvalue weighted by molar-refractivity contribution is 7.89. The summed E-state index contributed by atoms with van der Waals surface area (Å²) in [7, 11) is -2.46. The number of anilines is 1. The van der Waals surface area contributed by atoms with Gasteiger partial charge in [-0.2, -0.15) is 4.31 Å². The van der Waals surface area contributed by atoms with Crippen molar-refractivity contribution in [1.82, 2.24) is 9.29 Å². The Morgan fingerprint density at radius 1 is 1.13 bits per heavy atom. The summed E-state index contributed by atoms with van der Waals surface area (Å²) in [5.74, 6) is 0.0731. The van der Waals surface area contributed by atoms with Gasteiger partial charge in [0.15, 0.2) is 0 Å². The topological polar surface area (TPSA) is 88.6 Å². The Bertz CT molecular complexity index is 1160. The quantitative estimate of drug-likeness (QED) is 0.522. The first kappa shape index (κ1) is 23.0. The number of methoxy groups -OCH3 is 1. The number of nitrogens with zero attached hydrogens (tertiary/aromatic N) is 2. The van der Waals surface area contributed by atoms with Gasteiger partial charge < -0.3 is 10.1 Å². The molecule has 0 saturated heterocycles. The van der Waals surface area contributed by atoms with Crippen LogP contribution in [0.2, 0.25) is 10.0 Å². The van der Waals surface area contributed by atoms with Crippen molar-refractivity contribution >= 4 is 44.8 Å². The van der Waals surface area contributed by atoms with E-state index < -0.39 is 22.5 Å². The van der Waals surface area contributed by atoms with E-state index in [4.69, 9.17) is 27.9 Å². The number of ether oxygens (including phenoxy) is 1. The molecule has 162 valence electrons. The maximum Gasteiger partial charge on any atom is 0.245 e. The van der Waals surface area contributed by atoms with Crippen molar-refractivity contribution in [3.05, 3.63) is 82.6 Å². The number of hydrogen-bond acceptors (Lipinski definition) is 5. The fraction of sp³-hybridized carbons (Fsp3) is 0.143. The zero-order valence-electron chi connectivity index (χ0n) is 16.5. The van der Waals surface area contributed by atoms with Gasteiger partial charge in [-0.3, -0.25) is 9.78 Å². The number of pyridine rings is 1. The number of carbonyl (C=O) groups excluding carboxylic acids is 1. The predicted molar refractivity (Wildman–Crippen MR) is 120 cm³/mol. The minimum absolute atomic E-state index is 0.0166. The van der Waals surface area contributed by atoms with Gasteiger partial charge in [0.05, 0.1) is 24.4 Å². The summed E-state index contributed by atoms with van der Waals surface area (Å²) in [4.78, 5) is 16.6. The van der Waals surface area contributed by atoms with Gasteiger partial charge in [0, 0.05) is 24.0 Å². The lowest BCUT2D eigenvalue weighted by Gasteiger charge is -2.22. The molecule has 10 heteroatoms. The summed E-state index contributed by atoms with van der Waals surface area (Å²) >= 11 is 12.1. The molecule has 1 heterocycles. The van der Waals surface area contributed by atoms with Crippen molar-refractivity contribution in [2.75, 3.05) is 19.0 Å². The first-order valence-corrected chi connectivity index (χ1v) is 11.3. The van der Waals surface area contributed by atoms with Crippen molar-refractivity contribution < 1.29 is 17.9 Å². The molecule has 2 aromatic carbocycles. The fourth-order valence-corrected chi connectivity index (χ4v) is 4.44. The molecule has 1 aromatic heterocycles. The molecule has 0 aliphatic rings. The average molecular weight is 480 g/mol. The first-order chi connectivity index (χ1) is 14.8. The molecule has 0 unspecified atom stereocenters. The molecule has 0 aliphatic heterocycles. The summed E-state index contributed by atoms with van der Waals surface area (Å²) in [6.07, 6.45) is 2.71. The number of rotatable bonds is 8. The number of carbonyl (C=O) groups is 1. The van der Waals surface area contributed by atoms with E-state index in [9.17, 15) is 13.2 Å². The molecule has 3 rings (SSSR count). The predicted octanol–water partition coefficient (Wildman–Crippen LogP) is 4.23. The Hall–Kier alpha value is -2.65. The summed E-state index contributed by atoms with van der Waals surface area (Å²) in [6.45, 7) is -0.468. The third-order valence-electron chi connectivity index (χ3n) is 4.31. The standard InChI is InChI=1S/C21H19Cl2N3O4S/c1-30-17-7-4-15(5-8-17)13-26(31(28,29)18-3-2-10-24-12-18)14-21(27)25-20-11-16(22)6-9-19(20)23/h2-12H,13-14H2,1H3,(H,25,27). The van der Waals surface area contributed by atoms with Gasteiger partial charge in [-0.1, -0.05) is 35.3 Å². The highest BCUT2D eigenvalue weighted by Crippen LogP contribution is 2.26. The summed E-state index contributed by atoms with van der Waals surface area (Å²) in [5, 5.41) is 3.29. The normalized spacial score (nSPS) is 11.4. The van der Waals surface area contributed by atoms with Gasteiger partial charge in [0.2, 0.25) is 15.9 Å². The Morgan fingerprint density at radius 3 is 2.52 bits per heavy atom. The number of sulfonamides is 1. The van der Waals surface area contributed by atoms with Crippen LogP contribution in [-0.4, -0.2) is 37.3 Å². The molecule has 7 nitrogen and oxygen atoms in total. The van der Waals surface area contributed by atoms with Crippen LogP contribution in [0.25, 0.3) is 0 Å². The van der Waals surface area contributed by atoms with Crippen molar-refractivity contribution in [3.63, 3.8) is 0 Å². The Labute approximate surface area is 190 Å². The van der Waals surface area contributed by atoms with E-state index in [2.05, 4.69) is 10.3 Å². The fourth-order valence-electron chi connectivity index (χ4n) is 2.75. The van der Waals surface area contributed by atoms with Crippen LogP contribution in [0.4, 0.5) is 5.69 Å². The SMILES string of the molecule is COc1ccc(CN(CC(=O)Nc2cc(Cl)ccc2Cl)S(=O)(=O)c2cccnc2)cc1. The van der Waals surface area contributed by atoms with Crippen molar-refractivity contribution in [2.24, 2.45) is 0 Å². The maximum atomic E-state index is 13.2. The lowest BCUT2D eigenvalue weighted by Crippen LogP contribution is -2.37. The van der Waals surface area contributed by atoms with Crippen LogP contribution < -0.4 is 10.1 Å². The minimum atomic E-state index is -4.00. The minimum Gasteiger partial charge on any atom is -0.497 e. The van der Waals surface area contributed by atoms with Crippen LogP contribution in [0.1, 0.15) is 5.56 Å². The summed E-state index contributed by atoms with van der Waals surface area (Å²) < 4.78 is 32.6. The van der Waals surface area contributed by atoms with E-state index in [1.165, 1.54) is 30.6 Å². The Kier molecular flexibility index (Phi) is 7.50. The molecule has 1 N–H and O–H groups in total. The average Bonchev–Trinajstić information content (AvgIpc) is 2.77. The van der Waals surface area contributed by atoms with Gasteiger partial charge >= 0.3 is 0 Å². The van der Waals surface area contributed by atoms with Crippen LogP contribution in [0.5, 0.6) is 5.75 Å². The number of nitrogens with one attached hydrogen (secondary N) is 1. The zero-order valence-corrected chi connectivity index (χ0v) is 18.8. The number of halogens is 2. The van der Waals surface area contributed by atoms with E-state index in [0.29, 0.717) is 22.0 Å². The lowest BCUT2D eigenvalue weighted by molar-refractivity contribution is -0.116. The van der Waals surface area contributed by atoms with E-state index in [-0.39, 0.29) is 16.5 Å². The van der Waals surface area contributed by atoms with Crippen molar-refractivity contribution in [2.45, 2.75) is 11.4 Å². The third kappa shape index (κ3) is 5.95. The van der Waals surface area contributed by atoms with Gasteiger partial charge in [-0.15, -0.1) is 0 Å². The first-order valence-electron chi connectivity index (χ1n) is 9.07. The van der Waals surface area contributed by atoms with Crippen LogP contribution in [0.15, 0.2) is 71.9 Å². The second-order valence-electron chi connectivity index (χ2n) is 6.48. The number of hydrogen-bond donors (Lipinski definition) is 1. The summed E-state index contributed by atoms with van der Waals surface area (Å²) in [5.41, 5.74) is 0.976. The molecule has 0 radical (unpaired) electrons. The van der Waals surface area contributed by atoms with Crippen molar-refractivity contribution in [3.8, 4) is 5.75 Å². The number of amides is 1. The van der Waals surface area contributed by atoms with Crippen LogP contribution in [-0.2, 0) is 21.4 Å². The lowest BCUT2D eigenvalue weighted by atomic mass is 10.2. The molecule has 3 aromatic rings. The second-order valence-corrected chi connectivity index (χ2v) is 9.26. The molecule has 31 heavy (non-hydrogen) atoms. The van der Waals surface area contributed by atoms with Gasteiger partial charge in [-0.05, 0) is 48.0 Å². The molecule has 0 bridgehead atoms. The monoisotopic (exact) mass is 479 g/mol. The molecular formula is C21H19Cl2N3O4S. The van der Waals surface area contributed by atoms with E-state index in [1.807, 2.05) is 0 Å². The van der Waals surface area contributed by atoms with Gasteiger partial charge in [0.1, 0.15) is 10.6 Å². The largest absolute Gasteiger partial charge is 0.497 e. The molecule has 1 amide bonds. The van der Waals surface area contributed by atoms with Crippen LogP contribution >= 0.6 is 23.2 Å². The Morgan fingerprint density at radius 2 is 1.87 bits per heavy atom. The number of benzene rings is 2. The van der Waals surface area contributed by atoms with Gasteiger partial charge in [0.25, 0.3) is 0 Å². The smallest absolute Gasteiger partial charge is 0.245 e. The highest BCUT2D eigenvalue weighted by atomic mass is 35.5. The zero-order chi connectivity index (χ0) is 22.4. The molecule has 0 aliphatic carbocycles. The second kappa shape index (κ2) is 10.1. The third-order valence-corrected chi connectivity index (χ3v) is 6.65. The van der Waals surface area contributed by atoms with Crippen molar-refractivity contribution in [1.29, 1.82) is 0 Å². The maximum absolute atomic E-state index is 13.2. The van der Waals surface area contributed by atoms with E-state index in [1.54, 1.807) is 43.5 Å². The van der Waals surface area contributed by atoms with Crippen LogP contribution in [0.3, 0.4) is 0 Å². The molecule has 0 saturated carbocycles. The Balaban J connectivity index is 1.87. The number of aromatic nitrogens is 1. The molecule has 0 fully saturated rings. The van der Waals surface area contributed by atoms with E-state index >= 15 is 0 Å². The van der Waals surface area contributed by atoms with Gasteiger partial charge in [-0.25, -0.2) is 8.42 Å². The van der Waals surface area contributed by atoms with Crippen LogP contribution in [0, 0.1) is 0 Å². The highest BCUT2D eigenvalue weighted by Gasteiger charge is 2.27. The molecular weight excluding hydrogens is 461 g/mol.